The van der Waals surface area contributed by atoms with Crippen molar-refractivity contribution in [1.82, 2.24) is 5.16 Å². The molecular formula is C7H2BrCl2NO. The van der Waals surface area contributed by atoms with Gasteiger partial charge in [-0.2, -0.15) is 0 Å². The molecule has 1 aromatic carbocycles. The van der Waals surface area contributed by atoms with Gasteiger partial charge in [0, 0.05) is 10.5 Å². The van der Waals surface area contributed by atoms with Crippen LogP contribution in [0, 0.1) is 0 Å². The average molecular weight is 267 g/mol. The fourth-order valence-electron chi connectivity index (χ4n) is 0.904. The molecule has 1 aromatic heterocycles. The molecule has 5 heteroatoms. The van der Waals surface area contributed by atoms with Crippen LogP contribution in [0.4, 0.5) is 0 Å². The van der Waals surface area contributed by atoms with E-state index in [0.29, 0.717) is 15.8 Å². The minimum atomic E-state index is 0.333. The molecule has 0 saturated carbocycles. The lowest BCUT2D eigenvalue weighted by atomic mass is 10.3. The molecule has 0 unspecified atom stereocenters. The first-order valence-corrected chi connectivity index (χ1v) is 4.63. The summed E-state index contributed by atoms with van der Waals surface area (Å²) in [6, 6.07) is 3.44. The van der Waals surface area contributed by atoms with Crippen molar-refractivity contribution < 1.29 is 4.52 Å². The van der Waals surface area contributed by atoms with Gasteiger partial charge in [0.05, 0.1) is 10.4 Å². The predicted molar refractivity (Wildman–Crippen MR) is 51.7 cm³/mol. The Labute approximate surface area is 86.6 Å². The summed E-state index contributed by atoms with van der Waals surface area (Å²) >= 11 is 14.8. The summed E-state index contributed by atoms with van der Waals surface area (Å²) in [6.45, 7) is 0. The number of fused-ring (bicyclic) bond motifs is 1. The monoisotopic (exact) mass is 265 g/mol. The maximum absolute atomic E-state index is 5.84. The molecule has 0 aliphatic rings. The van der Waals surface area contributed by atoms with Gasteiger partial charge in [-0.1, -0.05) is 28.4 Å². The van der Waals surface area contributed by atoms with Gasteiger partial charge in [0.15, 0.2) is 10.7 Å². The summed E-state index contributed by atoms with van der Waals surface area (Å²) in [5.74, 6) is 0. The highest BCUT2D eigenvalue weighted by Crippen LogP contribution is 2.31. The molecule has 0 radical (unpaired) electrons. The zero-order valence-corrected chi connectivity index (χ0v) is 8.74. The van der Waals surface area contributed by atoms with E-state index >= 15 is 0 Å². The van der Waals surface area contributed by atoms with Gasteiger partial charge in [0.2, 0.25) is 0 Å². The van der Waals surface area contributed by atoms with E-state index in [1.165, 1.54) is 0 Å². The lowest BCUT2D eigenvalue weighted by molar-refractivity contribution is 0.457. The van der Waals surface area contributed by atoms with Crippen LogP contribution in [0.1, 0.15) is 0 Å². The number of nitrogens with zero attached hydrogens (tertiary/aromatic N) is 1. The molecule has 0 spiro atoms. The number of rotatable bonds is 0. The number of hydrogen-bond donors (Lipinski definition) is 0. The Morgan fingerprint density at radius 2 is 2.08 bits per heavy atom. The minimum Gasteiger partial charge on any atom is -0.355 e. The zero-order chi connectivity index (χ0) is 8.72. The number of aromatic nitrogens is 1. The normalized spacial score (nSPS) is 10.9. The first kappa shape index (κ1) is 8.35. The van der Waals surface area contributed by atoms with E-state index in [4.69, 9.17) is 27.7 Å². The third-order valence-corrected chi connectivity index (χ3v) is 2.94. The number of hydrogen-bond acceptors (Lipinski definition) is 2. The van der Waals surface area contributed by atoms with Crippen LogP contribution in [0.15, 0.2) is 21.1 Å². The molecule has 1 heterocycles. The van der Waals surface area contributed by atoms with Crippen molar-refractivity contribution in [1.29, 1.82) is 0 Å². The summed E-state index contributed by atoms with van der Waals surface area (Å²) in [5.41, 5.74) is 0.622. The van der Waals surface area contributed by atoms with Crippen LogP contribution in [0.2, 0.25) is 10.2 Å². The van der Waals surface area contributed by atoms with Crippen LogP contribution in [0.25, 0.3) is 11.0 Å². The molecule has 0 amide bonds. The van der Waals surface area contributed by atoms with Crippen molar-refractivity contribution in [3.63, 3.8) is 0 Å². The van der Waals surface area contributed by atoms with Crippen LogP contribution >= 0.6 is 39.1 Å². The second-order valence-corrected chi connectivity index (χ2v) is 3.86. The molecule has 0 fully saturated rings. The van der Waals surface area contributed by atoms with E-state index in [9.17, 15) is 0 Å². The van der Waals surface area contributed by atoms with Crippen LogP contribution < -0.4 is 0 Å². The third kappa shape index (κ3) is 1.22. The Hall–Kier alpha value is -0.250. The van der Waals surface area contributed by atoms with E-state index in [1.807, 2.05) is 0 Å². The summed E-state index contributed by atoms with van der Waals surface area (Å²) < 4.78 is 5.68. The molecule has 0 bridgehead atoms. The first-order chi connectivity index (χ1) is 5.68. The molecule has 12 heavy (non-hydrogen) atoms. The largest absolute Gasteiger partial charge is 0.355 e. The van der Waals surface area contributed by atoms with Crippen LogP contribution in [-0.4, -0.2) is 5.16 Å². The lowest BCUT2D eigenvalue weighted by Crippen LogP contribution is -1.69. The van der Waals surface area contributed by atoms with Crippen molar-refractivity contribution in [2.75, 3.05) is 0 Å². The molecule has 0 aliphatic heterocycles. The van der Waals surface area contributed by atoms with Crippen molar-refractivity contribution >= 4 is 50.1 Å². The Kier molecular flexibility index (Phi) is 2.02. The standard InChI is InChI=1S/C7H2BrCl2NO/c8-4-2-6-3(1-5(4)9)7(10)11-12-6/h1-2H. The molecule has 62 valence electrons. The molecule has 2 nitrogen and oxygen atoms in total. The van der Waals surface area contributed by atoms with Crippen LogP contribution in [0.3, 0.4) is 0 Å². The van der Waals surface area contributed by atoms with Gasteiger partial charge in [0.1, 0.15) is 0 Å². The van der Waals surface area contributed by atoms with E-state index in [2.05, 4.69) is 21.1 Å². The van der Waals surface area contributed by atoms with Gasteiger partial charge in [0.25, 0.3) is 0 Å². The van der Waals surface area contributed by atoms with Crippen LogP contribution in [-0.2, 0) is 0 Å². The maximum Gasteiger partial charge on any atom is 0.180 e. The van der Waals surface area contributed by atoms with Gasteiger partial charge in [-0.05, 0) is 22.0 Å². The highest BCUT2D eigenvalue weighted by molar-refractivity contribution is 9.10. The Morgan fingerprint density at radius 1 is 1.33 bits per heavy atom. The molecule has 0 N–H and O–H groups in total. The van der Waals surface area contributed by atoms with Crippen LogP contribution in [0.5, 0.6) is 0 Å². The fraction of sp³-hybridized carbons (Fsp3) is 0. The Balaban J connectivity index is 2.87. The molecule has 0 atom stereocenters. The molecule has 2 aromatic rings. The third-order valence-electron chi connectivity index (χ3n) is 1.47. The van der Waals surface area contributed by atoms with E-state index < -0.39 is 0 Å². The van der Waals surface area contributed by atoms with E-state index in [1.54, 1.807) is 12.1 Å². The lowest BCUT2D eigenvalue weighted by Gasteiger charge is -1.92. The van der Waals surface area contributed by atoms with Crippen molar-refractivity contribution in [3.05, 3.63) is 26.8 Å². The predicted octanol–water partition coefficient (Wildman–Crippen LogP) is 3.90. The van der Waals surface area contributed by atoms with Gasteiger partial charge in [-0.25, -0.2) is 0 Å². The van der Waals surface area contributed by atoms with Crippen molar-refractivity contribution in [2.24, 2.45) is 0 Å². The second kappa shape index (κ2) is 2.91. The summed E-state index contributed by atoms with van der Waals surface area (Å²) in [4.78, 5) is 0. The Bertz CT molecular complexity index is 440. The zero-order valence-electron chi connectivity index (χ0n) is 5.64. The van der Waals surface area contributed by atoms with Crippen molar-refractivity contribution in [3.8, 4) is 0 Å². The number of benzene rings is 1. The van der Waals surface area contributed by atoms with E-state index in [0.717, 1.165) is 9.86 Å². The van der Waals surface area contributed by atoms with E-state index in [-0.39, 0.29) is 0 Å². The molecular weight excluding hydrogens is 265 g/mol. The smallest absolute Gasteiger partial charge is 0.180 e. The quantitative estimate of drug-likeness (QED) is 0.723. The second-order valence-electron chi connectivity index (χ2n) is 2.24. The summed E-state index contributed by atoms with van der Waals surface area (Å²) in [7, 11) is 0. The van der Waals surface area contributed by atoms with Crippen molar-refractivity contribution in [2.45, 2.75) is 0 Å². The van der Waals surface area contributed by atoms with Gasteiger partial charge >= 0.3 is 0 Å². The Morgan fingerprint density at radius 3 is 2.83 bits per heavy atom. The van der Waals surface area contributed by atoms with Gasteiger partial charge in [-0.15, -0.1) is 0 Å². The van der Waals surface area contributed by atoms with Gasteiger partial charge in [-0.3, -0.25) is 0 Å². The molecule has 0 saturated heterocycles. The minimum absolute atomic E-state index is 0.333. The molecule has 0 aliphatic carbocycles. The topological polar surface area (TPSA) is 26.0 Å². The number of halogens is 3. The highest BCUT2D eigenvalue weighted by Gasteiger charge is 2.08. The molecule has 2 rings (SSSR count). The summed E-state index contributed by atoms with van der Waals surface area (Å²) in [6.07, 6.45) is 0. The first-order valence-electron chi connectivity index (χ1n) is 3.08. The average Bonchev–Trinajstić information content (AvgIpc) is 2.35. The fourth-order valence-corrected chi connectivity index (χ4v) is 1.57. The van der Waals surface area contributed by atoms with Gasteiger partial charge < -0.3 is 4.52 Å². The highest BCUT2D eigenvalue weighted by atomic mass is 79.9. The summed E-state index contributed by atoms with van der Waals surface area (Å²) in [5, 5.41) is 5.24. The SMILES string of the molecule is Clc1cc2c(Cl)noc2cc1Br. The maximum atomic E-state index is 5.84.